The van der Waals surface area contributed by atoms with Crippen molar-refractivity contribution >= 4 is 29.9 Å². The first kappa shape index (κ1) is 20.1. The number of benzene rings is 1. The topological polar surface area (TPSA) is 45.6 Å². The molecule has 2 N–H and O–H groups in total. The maximum absolute atomic E-state index is 5.67. The standard InChI is InChI=1S/C18H29N3O.HI/c1-3-22-17-12-8-7-9-15(17)13-14-20-18(19-2)21-16-10-5-4-6-11-16;/h7-9,12,16H,3-6,10-11,13-14H2,1-2H3,(H2,19,20,21);1H. The van der Waals surface area contributed by atoms with Gasteiger partial charge < -0.3 is 15.4 Å². The Morgan fingerprint density at radius 1 is 1.22 bits per heavy atom. The van der Waals surface area contributed by atoms with Crippen molar-refractivity contribution < 1.29 is 4.74 Å². The molecule has 1 fully saturated rings. The van der Waals surface area contributed by atoms with Gasteiger partial charge in [0.2, 0.25) is 0 Å². The van der Waals surface area contributed by atoms with Crippen LogP contribution in [0.4, 0.5) is 0 Å². The van der Waals surface area contributed by atoms with Crippen molar-refractivity contribution in [2.75, 3.05) is 20.2 Å². The summed E-state index contributed by atoms with van der Waals surface area (Å²) in [5.74, 6) is 1.91. The van der Waals surface area contributed by atoms with Crippen molar-refractivity contribution in [3.63, 3.8) is 0 Å². The van der Waals surface area contributed by atoms with Crippen LogP contribution in [0.3, 0.4) is 0 Å². The average Bonchev–Trinajstić information content (AvgIpc) is 2.56. The number of hydrogen-bond acceptors (Lipinski definition) is 2. The molecule has 1 aromatic rings. The third-order valence-corrected chi connectivity index (χ3v) is 4.13. The predicted molar refractivity (Wildman–Crippen MR) is 108 cm³/mol. The number of nitrogens with zero attached hydrogens (tertiary/aromatic N) is 1. The number of para-hydroxylation sites is 1. The first-order valence-corrected chi connectivity index (χ1v) is 8.51. The van der Waals surface area contributed by atoms with Gasteiger partial charge in [0.15, 0.2) is 5.96 Å². The molecule has 0 radical (unpaired) electrons. The highest BCUT2D eigenvalue weighted by atomic mass is 127. The summed E-state index contributed by atoms with van der Waals surface area (Å²) in [5, 5.41) is 6.96. The van der Waals surface area contributed by atoms with Gasteiger partial charge in [0.1, 0.15) is 5.75 Å². The number of nitrogens with one attached hydrogen (secondary N) is 2. The third kappa shape index (κ3) is 6.97. The zero-order chi connectivity index (χ0) is 15.6. The van der Waals surface area contributed by atoms with Crippen LogP contribution >= 0.6 is 24.0 Å². The lowest BCUT2D eigenvalue weighted by Gasteiger charge is -2.25. The second-order valence-corrected chi connectivity index (χ2v) is 5.77. The van der Waals surface area contributed by atoms with E-state index in [9.17, 15) is 0 Å². The second-order valence-electron chi connectivity index (χ2n) is 5.77. The van der Waals surface area contributed by atoms with E-state index in [0.29, 0.717) is 12.6 Å². The molecule has 130 valence electrons. The van der Waals surface area contributed by atoms with E-state index in [4.69, 9.17) is 4.74 Å². The number of hydrogen-bond donors (Lipinski definition) is 2. The summed E-state index contributed by atoms with van der Waals surface area (Å²) >= 11 is 0. The van der Waals surface area contributed by atoms with Gasteiger partial charge in [-0.3, -0.25) is 4.99 Å². The van der Waals surface area contributed by atoms with E-state index in [0.717, 1.165) is 24.7 Å². The Morgan fingerprint density at radius 2 is 1.96 bits per heavy atom. The monoisotopic (exact) mass is 431 g/mol. The molecule has 1 aliphatic carbocycles. The molecule has 1 aromatic carbocycles. The van der Waals surface area contributed by atoms with Gasteiger partial charge in [-0.15, -0.1) is 24.0 Å². The third-order valence-electron chi connectivity index (χ3n) is 4.13. The Bertz CT molecular complexity index is 473. The molecule has 0 unspecified atom stereocenters. The predicted octanol–water partition coefficient (Wildman–Crippen LogP) is 3.74. The highest BCUT2D eigenvalue weighted by Crippen LogP contribution is 2.18. The molecule has 0 saturated heterocycles. The molecule has 0 spiro atoms. The van der Waals surface area contributed by atoms with Crippen LogP contribution in [0.25, 0.3) is 0 Å². The normalized spacial score (nSPS) is 15.7. The van der Waals surface area contributed by atoms with Crippen molar-refractivity contribution in [1.29, 1.82) is 0 Å². The summed E-state index contributed by atoms with van der Waals surface area (Å²) in [5.41, 5.74) is 1.24. The van der Waals surface area contributed by atoms with E-state index < -0.39 is 0 Å². The lowest BCUT2D eigenvalue weighted by Crippen LogP contribution is -2.44. The highest BCUT2D eigenvalue weighted by molar-refractivity contribution is 14.0. The summed E-state index contributed by atoms with van der Waals surface area (Å²) in [6.07, 6.45) is 7.48. The Labute approximate surface area is 157 Å². The minimum atomic E-state index is 0. The molecule has 0 aromatic heterocycles. The highest BCUT2D eigenvalue weighted by Gasteiger charge is 2.14. The van der Waals surface area contributed by atoms with Gasteiger partial charge in [-0.1, -0.05) is 37.5 Å². The number of aliphatic imine (C=N–C) groups is 1. The van der Waals surface area contributed by atoms with Gasteiger partial charge in [-0.05, 0) is 37.8 Å². The number of guanidine groups is 1. The van der Waals surface area contributed by atoms with Gasteiger partial charge in [0.05, 0.1) is 6.61 Å². The van der Waals surface area contributed by atoms with E-state index in [-0.39, 0.29) is 24.0 Å². The van der Waals surface area contributed by atoms with Gasteiger partial charge >= 0.3 is 0 Å². The molecule has 1 aliphatic rings. The number of halogens is 1. The van der Waals surface area contributed by atoms with Gasteiger partial charge in [-0.25, -0.2) is 0 Å². The van der Waals surface area contributed by atoms with Crippen LogP contribution in [0.5, 0.6) is 5.75 Å². The molecular formula is C18H30IN3O. The summed E-state index contributed by atoms with van der Waals surface area (Å²) in [6, 6.07) is 8.83. The van der Waals surface area contributed by atoms with Crippen LogP contribution in [0.1, 0.15) is 44.6 Å². The largest absolute Gasteiger partial charge is 0.494 e. The number of ether oxygens (including phenoxy) is 1. The summed E-state index contributed by atoms with van der Waals surface area (Å²) in [4.78, 5) is 4.34. The Kier molecular flexibility index (Phi) is 10.1. The van der Waals surface area contributed by atoms with Crippen LogP contribution in [0, 0.1) is 0 Å². The van der Waals surface area contributed by atoms with Crippen molar-refractivity contribution in [2.24, 2.45) is 4.99 Å². The Balaban J connectivity index is 0.00000264. The lowest BCUT2D eigenvalue weighted by molar-refractivity contribution is 0.336. The van der Waals surface area contributed by atoms with Crippen molar-refractivity contribution in [2.45, 2.75) is 51.5 Å². The fourth-order valence-electron chi connectivity index (χ4n) is 2.96. The van der Waals surface area contributed by atoms with Crippen molar-refractivity contribution in [1.82, 2.24) is 10.6 Å². The minimum Gasteiger partial charge on any atom is -0.494 e. The van der Waals surface area contributed by atoms with Crippen LogP contribution in [0.2, 0.25) is 0 Å². The Morgan fingerprint density at radius 3 is 2.65 bits per heavy atom. The van der Waals surface area contributed by atoms with Crippen LogP contribution in [-0.2, 0) is 6.42 Å². The zero-order valence-corrected chi connectivity index (χ0v) is 16.6. The van der Waals surface area contributed by atoms with E-state index in [1.807, 2.05) is 26.1 Å². The van der Waals surface area contributed by atoms with E-state index in [1.54, 1.807) is 0 Å². The molecule has 0 atom stereocenters. The molecule has 0 amide bonds. The second kappa shape index (κ2) is 11.5. The molecule has 4 nitrogen and oxygen atoms in total. The minimum absolute atomic E-state index is 0. The SMILES string of the molecule is CCOc1ccccc1CCNC(=NC)NC1CCCCC1.I. The van der Waals surface area contributed by atoms with Crippen LogP contribution in [0.15, 0.2) is 29.3 Å². The fourth-order valence-corrected chi connectivity index (χ4v) is 2.96. The lowest BCUT2D eigenvalue weighted by atomic mass is 9.96. The molecule has 0 heterocycles. The first-order chi connectivity index (χ1) is 10.8. The maximum atomic E-state index is 5.67. The Hall–Kier alpha value is -0.980. The maximum Gasteiger partial charge on any atom is 0.191 e. The van der Waals surface area contributed by atoms with Gasteiger partial charge in [0.25, 0.3) is 0 Å². The van der Waals surface area contributed by atoms with Gasteiger partial charge in [0, 0.05) is 19.6 Å². The van der Waals surface area contributed by atoms with Crippen molar-refractivity contribution in [3.8, 4) is 5.75 Å². The molecule has 2 rings (SSSR count). The van der Waals surface area contributed by atoms with Crippen LogP contribution < -0.4 is 15.4 Å². The molecule has 23 heavy (non-hydrogen) atoms. The smallest absolute Gasteiger partial charge is 0.191 e. The molecule has 0 aliphatic heterocycles. The first-order valence-electron chi connectivity index (χ1n) is 8.51. The van der Waals surface area contributed by atoms with Crippen molar-refractivity contribution in [3.05, 3.63) is 29.8 Å². The summed E-state index contributed by atoms with van der Waals surface area (Å²) in [7, 11) is 1.84. The molecule has 5 heteroatoms. The summed E-state index contributed by atoms with van der Waals surface area (Å²) < 4.78 is 5.67. The van der Waals surface area contributed by atoms with Gasteiger partial charge in [-0.2, -0.15) is 0 Å². The molecule has 1 saturated carbocycles. The molecule has 0 bridgehead atoms. The van der Waals surface area contributed by atoms with E-state index in [1.165, 1.54) is 37.7 Å². The average molecular weight is 431 g/mol. The van der Waals surface area contributed by atoms with E-state index in [2.05, 4.69) is 27.8 Å². The fraction of sp³-hybridized carbons (Fsp3) is 0.611. The molecular weight excluding hydrogens is 401 g/mol. The van der Waals surface area contributed by atoms with Crippen LogP contribution in [-0.4, -0.2) is 32.2 Å². The number of rotatable bonds is 6. The quantitative estimate of drug-likeness (QED) is 0.410. The summed E-state index contributed by atoms with van der Waals surface area (Å²) in [6.45, 7) is 3.58. The zero-order valence-electron chi connectivity index (χ0n) is 14.3. The van der Waals surface area contributed by atoms with E-state index >= 15 is 0 Å².